The zero-order chi connectivity index (χ0) is 10.7. The zero-order valence-corrected chi connectivity index (χ0v) is 8.57. The molecule has 4 heteroatoms. The van der Waals surface area contributed by atoms with Gasteiger partial charge in [0.05, 0.1) is 12.8 Å². The van der Waals surface area contributed by atoms with E-state index < -0.39 is 6.03 Å². The van der Waals surface area contributed by atoms with Gasteiger partial charge in [-0.2, -0.15) is 0 Å². The third-order valence-corrected chi connectivity index (χ3v) is 2.09. The highest BCUT2D eigenvalue weighted by molar-refractivity contribution is 5.92. The number of anilines is 1. The topological polar surface area (TPSA) is 55.6 Å². The fourth-order valence-electron chi connectivity index (χ4n) is 1.34. The number of amides is 2. The number of hydrogen-bond acceptors (Lipinski definition) is 2. The quantitative estimate of drug-likeness (QED) is 0.776. The van der Waals surface area contributed by atoms with E-state index in [0.717, 1.165) is 5.56 Å². The van der Waals surface area contributed by atoms with E-state index in [0.29, 0.717) is 11.4 Å². The molecule has 0 unspecified atom stereocenters. The first-order valence-corrected chi connectivity index (χ1v) is 4.24. The number of urea groups is 1. The normalized spacial score (nSPS) is 9.64. The first-order valence-electron chi connectivity index (χ1n) is 4.24. The summed E-state index contributed by atoms with van der Waals surface area (Å²) >= 11 is 0. The second-order valence-electron chi connectivity index (χ2n) is 3.02. The fraction of sp³-hybridized carbons (Fsp3) is 0.300. The van der Waals surface area contributed by atoms with Crippen molar-refractivity contribution < 1.29 is 9.53 Å². The lowest BCUT2D eigenvalue weighted by molar-refractivity contribution is 0.255. The minimum Gasteiger partial charge on any atom is -0.495 e. The Balaban J connectivity index is 3.23. The van der Waals surface area contributed by atoms with E-state index in [9.17, 15) is 4.79 Å². The summed E-state index contributed by atoms with van der Waals surface area (Å²) in [6.45, 7) is 1.90. The Labute approximate surface area is 83.3 Å². The van der Waals surface area contributed by atoms with Gasteiger partial charge < -0.3 is 10.5 Å². The molecule has 0 atom stereocenters. The Morgan fingerprint density at radius 2 is 2.14 bits per heavy atom. The second-order valence-corrected chi connectivity index (χ2v) is 3.02. The number of nitrogens with two attached hydrogens (primary N) is 1. The van der Waals surface area contributed by atoms with Gasteiger partial charge in [0.1, 0.15) is 5.75 Å². The number of methoxy groups -OCH3 is 1. The van der Waals surface area contributed by atoms with Gasteiger partial charge in [-0.3, -0.25) is 4.90 Å². The molecule has 14 heavy (non-hydrogen) atoms. The highest BCUT2D eigenvalue weighted by Crippen LogP contribution is 2.30. The number of para-hydroxylation sites is 1. The molecule has 0 aromatic heterocycles. The maximum Gasteiger partial charge on any atom is 0.319 e. The van der Waals surface area contributed by atoms with E-state index in [-0.39, 0.29) is 0 Å². The summed E-state index contributed by atoms with van der Waals surface area (Å²) in [4.78, 5) is 12.4. The third kappa shape index (κ3) is 1.79. The van der Waals surface area contributed by atoms with Crippen molar-refractivity contribution in [2.75, 3.05) is 19.1 Å². The first-order chi connectivity index (χ1) is 6.57. The molecule has 1 rings (SSSR count). The molecule has 0 aliphatic rings. The number of hydrogen-bond donors (Lipinski definition) is 1. The van der Waals surface area contributed by atoms with Gasteiger partial charge in [0, 0.05) is 7.05 Å². The van der Waals surface area contributed by atoms with Gasteiger partial charge in [-0.15, -0.1) is 0 Å². The summed E-state index contributed by atoms with van der Waals surface area (Å²) in [5.74, 6) is 0.645. The van der Waals surface area contributed by atoms with Crippen LogP contribution in [0, 0.1) is 6.92 Å². The highest BCUT2D eigenvalue weighted by atomic mass is 16.5. The molecule has 1 aromatic carbocycles. The summed E-state index contributed by atoms with van der Waals surface area (Å²) < 4.78 is 5.15. The highest BCUT2D eigenvalue weighted by Gasteiger charge is 2.14. The maximum absolute atomic E-state index is 11.0. The van der Waals surface area contributed by atoms with Gasteiger partial charge in [0.15, 0.2) is 0 Å². The molecule has 0 bridgehead atoms. The predicted molar refractivity (Wildman–Crippen MR) is 55.7 cm³/mol. The number of benzene rings is 1. The lowest BCUT2D eigenvalue weighted by Crippen LogP contribution is -2.32. The van der Waals surface area contributed by atoms with Crippen molar-refractivity contribution in [3.8, 4) is 5.75 Å². The fourth-order valence-corrected chi connectivity index (χ4v) is 1.34. The van der Waals surface area contributed by atoms with Crippen molar-refractivity contribution in [1.29, 1.82) is 0 Å². The lowest BCUT2D eigenvalue weighted by Gasteiger charge is -2.19. The Bertz CT molecular complexity index is 350. The van der Waals surface area contributed by atoms with E-state index in [4.69, 9.17) is 10.5 Å². The minimum absolute atomic E-state index is 0.502. The molecular formula is C10H14N2O2. The van der Waals surface area contributed by atoms with Crippen molar-refractivity contribution in [2.45, 2.75) is 6.92 Å². The van der Waals surface area contributed by atoms with Gasteiger partial charge in [-0.05, 0) is 18.6 Å². The standard InChI is InChI=1S/C10H14N2O2/c1-7-5-4-6-8(14-3)9(7)12(2)10(11)13/h4-6H,1-3H3,(H2,11,13). The number of rotatable bonds is 2. The molecule has 0 fully saturated rings. The Hall–Kier alpha value is -1.71. The maximum atomic E-state index is 11.0. The van der Waals surface area contributed by atoms with Crippen LogP contribution in [0.4, 0.5) is 10.5 Å². The molecule has 4 nitrogen and oxygen atoms in total. The van der Waals surface area contributed by atoms with Crippen molar-refractivity contribution >= 4 is 11.7 Å². The molecule has 2 N–H and O–H groups in total. The van der Waals surface area contributed by atoms with Crippen LogP contribution in [0.3, 0.4) is 0 Å². The van der Waals surface area contributed by atoms with Crippen LogP contribution in [0.15, 0.2) is 18.2 Å². The monoisotopic (exact) mass is 194 g/mol. The molecule has 1 aromatic rings. The molecule has 2 amide bonds. The minimum atomic E-state index is -0.502. The summed E-state index contributed by atoms with van der Waals surface area (Å²) in [5, 5.41) is 0. The molecule has 76 valence electrons. The van der Waals surface area contributed by atoms with E-state index in [1.54, 1.807) is 20.2 Å². The predicted octanol–water partition coefficient (Wildman–Crippen LogP) is 1.52. The van der Waals surface area contributed by atoms with Gasteiger partial charge in [-0.1, -0.05) is 12.1 Å². The van der Waals surface area contributed by atoms with Gasteiger partial charge >= 0.3 is 6.03 Å². The van der Waals surface area contributed by atoms with Crippen LogP contribution in [0.1, 0.15) is 5.56 Å². The van der Waals surface area contributed by atoms with Crippen molar-refractivity contribution in [2.24, 2.45) is 5.73 Å². The molecule has 0 aliphatic heterocycles. The van der Waals surface area contributed by atoms with Crippen molar-refractivity contribution in [3.05, 3.63) is 23.8 Å². The van der Waals surface area contributed by atoms with Crippen LogP contribution in [-0.4, -0.2) is 20.2 Å². The largest absolute Gasteiger partial charge is 0.495 e. The Kier molecular flexibility index (Phi) is 2.96. The van der Waals surface area contributed by atoms with E-state index >= 15 is 0 Å². The number of aryl methyl sites for hydroxylation is 1. The van der Waals surface area contributed by atoms with Crippen LogP contribution in [0.2, 0.25) is 0 Å². The number of ether oxygens (including phenoxy) is 1. The molecule has 0 saturated heterocycles. The van der Waals surface area contributed by atoms with E-state index in [2.05, 4.69) is 0 Å². The summed E-state index contributed by atoms with van der Waals surface area (Å²) in [6, 6.07) is 5.06. The molecule has 0 heterocycles. The van der Waals surface area contributed by atoms with Crippen molar-refractivity contribution in [3.63, 3.8) is 0 Å². The number of carbonyl (C=O) groups is 1. The molecule has 0 radical (unpaired) electrons. The molecule has 0 saturated carbocycles. The SMILES string of the molecule is COc1cccc(C)c1N(C)C(N)=O. The third-order valence-electron chi connectivity index (χ3n) is 2.09. The van der Waals surface area contributed by atoms with Crippen LogP contribution in [0.5, 0.6) is 5.75 Å². The number of nitrogens with zero attached hydrogens (tertiary/aromatic N) is 1. The van der Waals surface area contributed by atoms with Crippen LogP contribution in [-0.2, 0) is 0 Å². The molecular weight excluding hydrogens is 180 g/mol. The van der Waals surface area contributed by atoms with Crippen LogP contribution < -0.4 is 15.4 Å². The molecule has 0 spiro atoms. The van der Waals surface area contributed by atoms with Gasteiger partial charge in [0.25, 0.3) is 0 Å². The summed E-state index contributed by atoms with van der Waals surface area (Å²) in [5.41, 5.74) is 6.85. The Morgan fingerprint density at radius 3 is 2.64 bits per heavy atom. The lowest BCUT2D eigenvalue weighted by atomic mass is 10.1. The van der Waals surface area contributed by atoms with E-state index in [1.807, 2.05) is 19.1 Å². The van der Waals surface area contributed by atoms with Gasteiger partial charge in [-0.25, -0.2) is 4.79 Å². The van der Waals surface area contributed by atoms with Crippen LogP contribution >= 0.6 is 0 Å². The van der Waals surface area contributed by atoms with Crippen molar-refractivity contribution in [1.82, 2.24) is 0 Å². The number of carbonyl (C=O) groups excluding carboxylic acids is 1. The summed E-state index contributed by atoms with van der Waals surface area (Å²) in [6.07, 6.45) is 0. The number of primary amides is 1. The molecule has 0 aliphatic carbocycles. The summed E-state index contributed by atoms with van der Waals surface area (Å²) in [7, 11) is 3.18. The van der Waals surface area contributed by atoms with Crippen LogP contribution in [0.25, 0.3) is 0 Å². The first kappa shape index (κ1) is 10.4. The average Bonchev–Trinajstić information content (AvgIpc) is 2.16. The zero-order valence-electron chi connectivity index (χ0n) is 8.57. The second kappa shape index (κ2) is 4.00. The average molecular weight is 194 g/mol. The van der Waals surface area contributed by atoms with E-state index in [1.165, 1.54) is 4.90 Å². The smallest absolute Gasteiger partial charge is 0.319 e. The Morgan fingerprint density at radius 1 is 1.50 bits per heavy atom. The van der Waals surface area contributed by atoms with Gasteiger partial charge in [0.2, 0.25) is 0 Å².